The summed E-state index contributed by atoms with van der Waals surface area (Å²) < 4.78 is 10.5. The van der Waals surface area contributed by atoms with Crippen molar-refractivity contribution in [3.63, 3.8) is 0 Å². The molecule has 1 aliphatic carbocycles. The summed E-state index contributed by atoms with van der Waals surface area (Å²) in [4.78, 5) is 12.7. The maximum absolute atomic E-state index is 12.7. The molecule has 0 aliphatic heterocycles. The number of hydrogen-bond donors (Lipinski definition) is 1. The van der Waals surface area contributed by atoms with Crippen LogP contribution in [0.2, 0.25) is 0 Å². The van der Waals surface area contributed by atoms with Gasteiger partial charge in [-0.1, -0.05) is 24.3 Å². The molecule has 4 heteroatoms. The lowest BCUT2D eigenvalue weighted by atomic mass is 9.87. The number of hydrogen-bond acceptors (Lipinski definition) is 3. The van der Waals surface area contributed by atoms with Crippen LogP contribution in [0.25, 0.3) is 0 Å². The molecular weight excluding hydrogens is 290 g/mol. The minimum Gasteiger partial charge on any atom is -0.497 e. The standard InChI is InChI=1S/C19H21NO3/c1-22-14-10-11-18(23-2)16(12-14)19(21)20-17-9-5-7-13-6-3-4-8-15(13)17/h3-4,6,8,10-12,17H,5,7,9H2,1-2H3,(H,20,21)/t17-/m1/s1. The summed E-state index contributed by atoms with van der Waals surface area (Å²) >= 11 is 0. The monoisotopic (exact) mass is 311 g/mol. The van der Waals surface area contributed by atoms with Crippen LogP contribution in [0.3, 0.4) is 0 Å². The van der Waals surface area contributed by atoms with Gasteiger partial charge in [0.15, 0.2) is 0 Å². The van der Waals surface area contributed by atoms with Crippen LogP contribution >= 0.6 is 0 Å². The van der Waals surface area contributed by atoms with E-state index < -0.39 is 0 Å². The second-order valence-electron chi connectivity index (χ2n) is 5.68. The van der Waals surface area contributed by atoms with Crippen molar-refractivity contribution < 1.29 is 14.3 Å². The Morgan fingerprint density at radius 2 is 1.96 bits per heavy atom. The van der Waals surface area contributed by atoms with Gasteiger partial charge in [0.2, 0.25) is 0 Å². The van der Waals surface area contributed by atoms with E-state index in [-0.39, 0.29) is 11.9 Å². The van der Waals surface area contributed by atoms with Gasteiger partial charge < -0.3 is 14.8 Å². The first-order chi connectivity index (χ1) is 11.2. The number of methoxy groups -OCH3 is 2. The van der Waals surface area contributed by atoms with Crippen molar-refractivity contribution in [2.75, 3.05) is 14.2 Å². The predicted octanol–water partition coefficient (Wildman–Crippen LogP) is 3.51. The zero-order chi connectivity index (χ0) is 16.2. The van der Waals surface area contributed by atoms with Crippen molar-refractivity contribution in [3.05, 3.63) is 59.2 Å². The highest BCUT2D eigenvalue weighted by atomic mass is 16.5. The Hall–Kier alpha value is -2.49. The number of aryl methyl sites for hydroxylation is 1. The van der Waals surface area contributed by atoms with Crippen LogP contribution in [-0.4, -0.2) is 20.1 Å². The molecule has 3 rings (SSSR count). The summed E-state index contributed by atoms with van der Waals surface area (Å²) in [5.74, 6) is 1.05. The average Bonchev–Trinajstić information content (AvgIpc) is 2.61. The van der Waals surface area contributed by atoms with E-state index in [9.17, 15) is 4.79 Å². The summed E-state index contributed by atoms with van der Waals surface area (Å²) in [6.07, 6.45) is 3.11. The summed E-state index contributed by atoms with van der Waals surface area (Å²) in [7, 11) is 3.15. The first-order valence-electron chi connectivity index (χ1n) is 7.83. The first-order valence-corrected chi connectivity index (χ1v) is 7.83. The van der Waals surface area contributed by atoms with Crippen molar-refractivity contribution in [1.29, 1.82) is 0 Å². The van der Waals surface area contributed by atoms with Gasteiger partial charge in [0, 0.05) is 0 Å². The van der Waals surface area contributed by atoms with Crippen LogP contribution in [0.5, 0.6) is 11.5 Å². The molecule has 0 bridgehead atoms. The number of fused-ring (bicyclic) bond motifs is 1. The molecule has 1 N–H and O–H groups in total. The topological polar surface area (TPSA) is 47.6 Å². The van der Waals surface area contributed by atoms with Crippen LogP contribution in [0.15, 0.2) is 42.5 Å². The third-order valence-corrected chi connectivity index (χ3v) is 4.33. The number of amides is 1. The van der Waals surface area contributed by atoms with Crippen molar-refractivity contribution in [1.82, 2.24) is 5.32 Å². The molecule has 1 atom stereocenters. The fourth-order valence-corrected chi connectivity index (χ4v) is 3.13. The van der Waals surface area contributed by atoms with E-state index in [1.165, 1.54) is 11.1 Å². The zero-order valence-corrected chi connectivity index (χ0v) is 13.5. The van der Waals surface area contributed by atoms with Crippen LogP contribution in [0.1, 0.15) is 40.4 Å². The number of carbonyl (C=O) groups excluding carboxylic acids is 1. The number of carbonyl (C=O) groups is 1. The SMILES string of the molecule is COc1ccc(OC)c(C(=O)N[C@@H]2CCCc3ccccc32)c1. The van der Waals surface area contributed by atoms with Gasteiger partial charge in [-0.3, -0.25) is 4.79 Å². The average molecular weight is 311 g/mol. The lowest BCUT2D eigenvalue weighted by molar-refractivity contribution is 0.0929. The Morgan fingerprint density at radius 3 is 2.74 bits per heavy atom. The van der Waals surface area contributed by atoms with Crippen molar-refractivity contribution in [3.8, 4) is 11.5 Å². The zero-order valence-electron chi connectivity index (χ0n) is 13.5. The fraction of sp³-hybridized carbons (Fsp3) is 0.316. The van der Waals surface area contributed by atoms with Crippen molar-refractivity contribution >= 4 is 5.91 Å². The normalized spacial score (nSPS) is 16.3. The van der Waals surface area contributed by atoms with Gasteiger partial charge in [-0.05, 0) is 48.6 Å². The fourth-order valence-electron chi connectivity index (χ4n) is 3.13. The minimum atomic E-state index is -0.137. The Balaban J connectivity index is 1.86. The molecular formula is C19H21NO3. The van der Waals surface area contributed by atoms with Crippen molar-refractivity contribution in [2.24, 2.45) is 0 Å². The van der Waals surface area contributed by atoms with Gasteiger partial charge in [0.05, 0.1) is 25.8 Å². The molecule has 23 heavy (non-hydrogen) atoms. The molecule has 0 heterocycles. The molecule has 0 radical (unpaired) electrons. The summed E-state index contributed by atoms with van der Waals surface area (Å²) in [5.41, 5.74) is 3.03. The Kier molecular flexibility index (Phi) is 4.51. The molecule has 4 nitrogen and oxygen atoms in total. The second kappa shape index (κ2) is 6.73. The third-order valence-electron chi connectivity index (χ3n) is 4.33. The smallest absolute Gasteiger partial charge is 0.255 e. The quantitative estimate of drug-likeness (QED) is 0.940. The van der Waals surface area contributed by atoms with Gasteiger partial charge >= 0.3 is 0 Å². The Labute approximate surface area is 136 Å². The largest absolute Gasteiger partial charge is 0.497 e. The molecule has 0 unspecified atom stereocenters. The maximum atomic E-state index is 12.7. The van der Waals surface area contributed by atoms with Crippen LogP contribution in [-0.2, 0) is 6.42 Å². The van der Waals surface area contributed by atoms with Crippen LogP contribution in [0.4, 0.5) is 0 Å². The van der Waals surface area contributed by atoms with E-state index in [0.29, 0.717) is 17.1 Å². The third kappa shape index (κ3) is 3.16. The van der Waals surface area contributed by atoms with E-state index in [2.05, 4.69) is 17.4 Å². The van der Waals surface area contributed by atoms with Crippen LogP contribution < -0.4 is 14.8 Å². The van der Waals surface area contributed by atoms with E-state index >= 15 is 0 Å². The molecule has 0 fully saturated rings. The first kappa shape index (κ1) is 15.4. The number of benzene rings is 2. The van der Waals surface area contributed by atoms with E-state index in [1.54, 1.807) is 32.4 Å². The molecule has 1 amide bonds. The summed E-state index contributed by atoms with van der Waals surface area (Å²) in [6.45, 7) is 0. The van der Waals surface area contributed by atoms with E-state index in [0.717, 1.165) is 19.3 Å². The molecule has 1 aliphatic rings. The summed E-state index contributed by atoms with van der Waals surface area (Å²) in [6, 6.07) is 13.6. The highest BCUT2D eigenvalue weighted by molar-refractivity contribution is 5.97. The van der Waals surface area contributed by atoms with E-state index in [1.807, 2.05) is 12.1 Å². The molecule has 2 aromatic carbocycles. The van der Waals surface area contributed by atoms with E-state index in [4.69, 9.17) is 9.47 Å². The molecule has 2 aromatic rings. The number of rotatable bonds is 4. The van der Waals surface area contributed by atoms with Gasteiger partial charge in [-0.15, -0.1) is 0 Å². The van der Waals surface area contributed by atoms with Gasteiger partial charge in [-0.2, -0.15) is 0 Å². The number of ether oxygens (including phenoxy) is 2. The van der Waals surface area contributed by atoms with Gasteiger partial charge in [-0.25, -0.2) is 0 Å². The van der Waals surface area contributed by atoms with Crippen molar-refractivity contribution in [2.45, 2.75) is 25.3 Å². The molecule has 120 valence electrons. The second-order valence-corrected chi connectivity index (χ2v) is 5.68. The lowest BCUT2D eigenvalue weighted by Gasteiger charge is -2.26. The molecule has 0 aromatic heterocycles. The van der Waals surface area contributed by atoms with Gasteiger partial charge in [0.25, 0.3) is 5.91 Å². The number of nitrogens with one attached hydrogen (secondary N) is 1. The molecule has 0 spiro atoms. The van der Waals surface area contributed by atoms with Gasteiger partial charge in [0.1, 0.15) is 11.5 Å². The Bertz CT molecular complexity index is 712. The Morgan fingerprint density at radius 1 is 1.13 bits per heavy atom. The minimum absolute atomic E-state index is 0.0448. The molecule has 0 saturated carbocycles. The lowest BCUT2D eigenvalue weighted by Crippen LogP contribution is -2.31. The highest BCUT2D eigenvalue weighted by Crippen LogP contribution is 2.31. The maximum Gasteiger partial charge on any atom is 0.255 e. The van der Waals surface area contributed by atoms with Crippen LogP contribution in [0, 0.1) is 0 Å². The molecule has 0 saturated heterocycles. The predicted molar refractivity (Wildman–Crippen MR) is 89.1 cm³/mol. The summed E-state index contributed by atoms with van der Waals surface area (Å²) in [5, 5.41) is 3.14. The highest BCUT2D eigenvalue weighted by Gasteiger charge is 2.23.